The second kappa shape index (κ2) is 5.40. The number of nitrogens with one attached hydrogen (secondary N) is 2. The van der Waals surface area contributed by atoms with E-state index in [9.17, 15) is 0 Å². The molecule has 3 heterocycles. The van der Waals surface area contributed by atoms with Gasteiger partial charge in [-0.15, -0.1) is 5.53 Å². The summed E-state index contributed by atoms with van der Waals surface area (Å²) in [5.74, 6) is 0.582. The molecule has 6 heteroatoms. The van der Waals surface area contributed by atoms with E-state index in [2.05, 4.69) is 45.9 Å². The maximum absolute atomic E-state index is 5.63. The quantitative estimate of drug-likeness (QED) is 0.772. The number of aromatic nitrogens is 2. The minimum Gasteiger partial charge on any atom is -0.444 e. The molecule has 2 N–H and O–H groups in total. The van der Waals surface area contributed by atoms with Crippen molar-refractivity contribution in [3.05, 3.63) is 48.9 Å². The van der Waals surface area contributed by atoms with Gasteiger partial charge in [-0.05, 0) is 44.2 Å². The Morgan fingerprint density at radius 1 is 1.13 bits per heavy atom. The van der Waals surface area contributed by atoms with Crippen molar-refractivity contribution >= 4 is 11.4 Å². The van der Waals surface area contributed by atoms with Gasteiger partial charge in [0.25, 0.3) is 0 Å². The van der Waals surface area contributed by atoms with Gasteiger partial charge < -0.3 is 9.84 Å². The molecule has 2 aromatic heterocycles. The summed E-state index contributed by atoms with van der Waals surface area (Å²) in [6.07, 6.45) is 3.38. The van der Waals surface area contributed by atoms with Crippen LogP contribution in [0.2, 0.25) is 0 Å². The molecule has 0 aliphatic carbocycles. The second-order valence-electron chi connectivity index (χ2n) is 5.69. The van der Waals surface area contributed by atoms with Gasteiger partial charge in [0.05, 0.1) is 17.1 Å². The minimum atomic E-state index is 0.354. The molecule has 0 bridgehead atoms. The normalized spacial score (nSPS) is 13.3. The zero-order chi connectivity index (χ0) is 15.8. The number of nitrogens with zero attached hydrogens (tertiary/aromatic N) is 3. The molecule has 0 unspecified atom stereocenters. The Balaban J connectivity index is 1.66. The molecule has 0 saturated carbocycles. The van der Waals surface area contributed by atoms with Crippen molar-refractivity contribution in [1.29, 1.82) is 0 Å². The fourth-order valence-electron chi connectivity index (χ4n) is 2.61. The third-order valence-corrected chi connectivity index (χ3v) is 3.76. The van der Waals surface area contributed by atoms with Gasteiger partial charge in [-0.25, -0.2) is 4.98 Å². The Labute approximate surface area is 134 Å². The zero-order valence-electron chi connectivity index (χ0n) is 12.9. The minimum absolute atomic E-state index is 0.354. The number of fused-ring (bicyclic) bond motifs is 1. The standard InChI is InChI=1S/C17H17N5O/c1-11(2)22-16-7-6-12(9-14(16)20-21-22)17-19-15(10-23-17)13-5-3-4-8-18-13/h3-11,20-21H,1-2H3. The van der Waals surface area contributed by atoms with Crippen LogP contribution in [0.1, 0.15) is 13.8 Å². The molecular formula is C17H17N5O. The highest BCUT2D eigenvalue weighted by Gasteiger charge is 2.22. The fourth-order valence-corrected chi connectivity index (χ4v) is 2.61. The predicted molar refractivity (Wildman–Crippen MR) is 89.5 cm³/mol. The number of hydrazine groups is 2. The number of benzene rings is 1. The van der Waals surface area contributed by atoms with Crippen LogP contribution in [0.4, 0.5) is 11.4 Å². The number of hydrogen-bond acceptors (Lipinski definition) is 6. The first kappa shape index (κ1) is 13.8. The smallest absolute Gasteiger partial charge is 0.226 e. The number of oxazole rings is 1. The molecule has 116 valence electrons. The van der Waals surface area contributed by atoms with Crippen molar-refractivity contribution in [2.75, 3.05) is 10.4 Å². The van der Waals surface area contributed by atoms with Crippen LogP contribution in [0.5, 0.6) is 0 Å². The van der Waals surface area contributed by atoms with Crippen molar-refractivity contribution < 1.29 is 4.42 Å². The van der Waals surface area contributed by atoms with Gasteiger partial charge in [0.1, 0.15) is 12.0 Å². The molecule has 0 amide bonds. The summed E-state index contributed by atoms with van der Waals surface area (Å²) in [4.78, 5) is 8.83. The molecule has 6 nitrogen and oxygen atoms in total. The summed E-state index contributed by atoms with van der Waals surface area (Å²) >= 11 is 0. The van der Waals surface area contributed by atoms with Gasteiger partial charge in [0, 0.05) is 17.8 Å². The lowest BCUT2D eigenvalue weighted by Crippen LogP contribution is -2.41. The van der Waals surface area contributed by atoms with Crippen molar-refractivity contribution in [2.45, 2.75) is 19.9 Å². The first-order valence-electron chi connectivity index (χ1n) is 7.54. The molecule has 3 aromatic rings. The van der Waals surface area contributed by atoms with E-state index in [4.69, 9.17) is 4.42 Å². The van der Waals surface area contributed by atoms with Crippen LogP contribution in [0.25, 0.3) is 22.8 Å². The summed E-state index contributed by atoms with van der Waals surface area (Å²) in [6.45, 7) is 4.26. The van der Waals surface area contributed by atoms with Gasteiger partial charge in [-0.2, -0.15) is 0 Å². The molecule has 1 aliphatic rings. The Hall–Kier alpha value is -2.86. The van der Waals surface area contributed by atoms with Crippen LogP contribution >= 0.6 is 0 Å². The Kier molecular flexibility index (Phi) is 3.24. The van der Waals surface area contributed by atoms with E-state index < -0.39 is 0 Å². The van der Waals surface area contributed by atoms with Gasteiger partial charge >= 0.3 is 0 Å². The van der Waals surface area contributed by atoms with Crippen LogP contribution < -0.4 is 16.0 Å². The lowest BCUT2D eigenvalue weighted by Gasteiger charge is -2.21. The van der Waals surface area contributed by atoms with Crippen LogP contribution in [0.15, 0.2) is 53.3 Å². The van der Waals surface area contributed by atoms with Crippen molar-refractivity contribution in [3.63, 3.8) is 0 Å². The Morgan fingerprint density at radius 3 is 2.83 bits per heavy atom. The van der Waals surface area contributed by atoms with Crippen LogP contribution in [-0.4, -0.2) is 16.0 Å². The highest BCUT2D eigenvalue weighted by atomic mass is 16.3. The molecule has 0 fully saturated rings. The molecule has 0 radical (unpaired) electrons. The number of hydrogen-bond donors (Lipinski definition) is 2. The monoisotopic (exact) mass is 307 g/mol. The topological polar surface area (TPSA) is 66.2 Å². The summed E-state index contributed by atoms with van der Waals surface area (Å²) in [5.41, 5.74) is 10.9. The van der Waals surface area contributed by atoms with Gasteiger partial charge in [0.15, 0.2) is 0 Å². The van der Waals surface area contributed by atoms with E-state index in [1.54, 1.807) is 12.5 Å². The maximum atomic E-state index is 5.63. The van der Waals surface area contributed by atoms with Crippen molar-refractivity contribution in [2.24, 2.45) is 0 Å². The molecule has 1 aromatic carbocycles. The van der Waals surface area contributed by atoms with Crippen LogP contribution in [-0.2, 0) is 0 Å². The van der Waals surface area contributed by atoms with E-state index in [1.165, 1.54) is 0 Å². The fraction of sp³-hybridized carbons (Fsp3) is 0.176. The Bertz CT molecular complexity index is 828. The molecule has 0 atom stereocenters. The third-order valence-electron chi connectivity index (χ3n) is 3.76. The highest BCUT2D eigenvalue weighted by molar-refractivity contribution is 5.78. The number of rotatable bonds is 3. The SMILES string of the molecule is CC(C)N1NNc2cc(-c3nc(-c4ccccn4)co3)ccc21. The largest absolute Gasteiger partial charge is 0.444 e. The first-order chi connectivity index (χ1) is 11.2. The van der Waals surface area contributed by atoms with Gasteiger partial charge in [-0.1, -0.05) is 6.07 Å². The van der Waals surface area contributed by atoms with Crippen molar-refractivity contribution in [1.82, 2.24) is 15.5 Å². The zero-order valence-corrected chi connectivity index (χ0v) is 12.9. The third kappa shape index (κ3) is 2.43. The molecule has 1 aliphatic heterocycles. The maximum Gasteiger partial charge on any atom is 0.226 e. The summed E-state index contributed by atoms with van der Waals surface area (Å²) in [7, 11) is 0. The molecular weight excluding hydrogens is 290 g/mol. The summed E-state index contributed by atoms with van der Waals surface area (Å²) in [6, 6.07) is 12.2. The molecule has 23 heavy (non-hydrogen) atoms. The van der Waals surface area contributed by atoms with E-state index in [0.29, 0.717) is 11.9 Å². The van der Waals surface area contributed by atoms with E-state index >= 15 is 0 Å². The summed E-state index contributed by atoms with van der Waals surface area (Å²) in [5, 5.41) is 2.08. The lowest BCUT2D eigenvalue weighted by atomic mass is 10.1. The van der Waals surface area contributed by atoms with Crippen molar-refractivity contribution in [3.8, 4) is 22.8 Å². The van der Waals surface area contributed by atoms with E-state index in [-0.39, 0.29) is 0 Å². The molecule has 0 spiro atoms. The highest BCUT2D eigenvalue weighted by Crippen LogP contribution is 2.34. The molecule has 4 rings (SSSR count). The number of pyridine rings is 1. The lowest BCUT2D eigenvalue weighted by molar-refractivity contribution is 0.575. The average molecular weight is 307 g/mol. The number of anilines is 2. The molecule has 0 saturated heterocycles. The van der Waals surface area contributed by atoms with E-state index in [0.717, 1.165) is 28.3 Å². The first-order valence-corrected chi connectivity index (χ1v) is 7.54. The van der Waals surface area contributed by atoms with Crippen LogP contribution in [0.3, 0.4) is 0 Å². The predicted octanol–water partition coefficient (Wildman–Crippen LogP) is 3.46. The van der Waals surface area contributed by atoms with Crippen LogP contribution in [0, 0.1) is 0 Å². The van der Waals surface area contributed by atoms with E-state index in [1.807, 2.05) is 30.3 Å². The second-order valence-corrected chi connectivity index (χ2v) is 5.69. The summed E-state index contributed by atoms with van der Waals surface area (Å²) < 4.78 is 5.63. The average Bonchev–Trinajstić information content (AvgIpc) is 3.22. The van der Waals surface area contributed by atoms with Gasteiger partial charge in [-0.3, -0.25) is 9.99 Å². The Morgan fingerprint density at radius 2 is 2.04 bits per heavy atom. The van der Waals surface area contributed by atoms with Gasteiger partial charge in [0.2, 0.25) is 5.89 Å².